The van der Waals surface area contributed by atoms with Crippen LogP contribution < -0.4 is 21.3 Å². The number of rotatable bonds is 0. The molecule has 0 radical (unpaired) electrons. The highest BCUT2D eigenvalue weighted by Gasteiger charge is 1.92. The van der Waals surface area contributed by atoms with Crippen molar-refractivity contribution in [1.29, 1.82) is 0 Å². The van der Waals surface area contributed by atoms with Crippen molar-refractivity contribution in [2.24, 2.45) is 0 Å². The minimum absolute atomic E-state index is 0.940. The molecule has 1 heterocycles. The second-order valence-electron chi connectivity index (χ2n) is 3.06. The van der Waals surface area contributed by atoms with Crippen molar-refractivity contribution in [2.45, 2.75) is 12.8 Å². The molecule has 0 aliphatic carbocycles. The molecule has 0 atom stereocenters. The Labute approximate surface area is 74.5 Å². The summed E-state index contributed by atoms with van der Waals surface area (Å²) in [6, 6.07) is 0. The minimum atomic E-state index is 0.940. The minimum Gasteiger partial charge on any atom is -0.304 e. The monoisotopic (exact) mass is 172 g/mol. The van der Waals surface area contributed by atoms with Crippen molar-refractivity contribution < 1.29 is 0 Å². The number of hydrogen-bond donors (Lipinski definition) is 4. The molecule has 0 bridgehead atoms. The van der Waals surface area contributed by atoms with Crippen molar-refractivity contribution >= 4 is 0 Å². The van der Waals surface area contributed by atoms with Crippen LogP contribution in [-0.2, 0) is 0 Å². The first-order valence-electron chi connectivity index (χ1n) is 4.83. The zero-order valence-corrected chi connectivity index (χ0v) is 7.66. The summed E-state index contributed by atoms with van der Waals surface area (Å²) in [5.74, 6) is 0. The van der Waals surface area contributed by atoms with Gasteiger partial charge in [0.25, 0.3) is 0 Å². The van der Waals surface area contributed by atoms with Gasteiger partial charge < -0.3 is 21.3 Å². The van der Waals surface area contributed by atoms with Crippen molar-refractivity contribution in [3.05, 3.63) is 0 Å². The summed E-state index contributed by atoms with van der Waals surface area (Å²) in [4.78, 5) is 0. The summed E-state index contributed by atoms with van der Waals surface area (Å²) in [5.41, 5.74) is 0. The summed E-state index contributed by atoms with van der Waals surface area (Å²) < 4.78 is 0. The Bertz CT molecular complexity index is 54.0. The van der Waals surface area contributed by atoms with Gasteiger partial charge in [0.15, 0.2) is 0 Å². The Morgan fingerprint density at radius 2 is 0.917 bits per heavy atom. The predicted octanol–water partition coefficient (Wildman–Crippen LogP) is -0.946. The fourth-order valence-electron chi connectivity index (χ4n) is 1.21. The van der Waals surface area contributed by atoms with Gasteiger partial charge in [-0.2, -0.15) is 0 Å². The Morgan fingerprint density at radius 3 is 1.42 bits per heavy atom. The van der Waals surface area contributed by atoms with Crippen LogP contribution in [0.1, 0.15) is 12.8 Å². The van der Waals surface area contributed by atoms with Crippen molar-refractivity contribution in [1.82, 2.24) is 21.3 Å². The van der Waals surface area contributed by atoms with Gasteiger partial charge in [0.2, 0.25) is 0 Å². The molecule has 1 fully saturated rings. The Balaban J connectivity index is 2.00. The van der Waals surface area contributed by atoms with Crippen LogP contribution in [0, 0.1) is 0 Å². The first kappa shape index (κ1) is 9.92. The lowest BCUT2D eigenvalue weighted by atomic mass is 10.3. The van der Waals surface area contributed by atoms with E-state index in [1.54, 1.807) is 0 Å². The summed E-state index contributed by atoms with van der Waals surface area (Å²) in [6.45, 7) is 6.21. The highest BCUT2D eigenvalue weighted by Crippen LogP contribution is 1.83. The highest BCUT2D eigenvalue weighted by molar-refractivity contribution is 4.55. The molecular weight excluding hydrogens is 152 g/mol. The van der Waals surface area contributed by atoms with E-state index < -0.39 is 0 Å². The van der Waals surface area contributed by atoms with E-state index in [-0.39, 0.29) is 0 Å². The normalized spacial score (nSPS) is 24.0. The Kier molecular flexibility index (Phi) is 6.19. The summed E-state index contributed by atoms with van der Waals surface area (Å²) >= 11 is 0. The van der Waals surface area contributed by atoms with E-state index in [9.17, 15) is 0 Å². The number of hydrogen-bond acceptors (Lipinski definition) is 4. The van der Waals surface area contributed by atoms with Gasteiger partial charge in [-0.05, 0) is 25.9 Å². The molecular formula is C8H20N4. The molecule has 1 aliphatic rings. The lowest BCUT2D eigenvalue weighted by Crippen LogP contribution is -2.38. The van der Waals surface area contributed by atoms with Gasteiger partial charge in [0.1, 0.15) is 0 Å². The van der Waals surface area contributed by atoms with Gasteiger partial charge in [-0.3, -0.25) is 0 Å². The molecule has 0 saturated carbocycles. The van der Waals surface area contributed by atoms with Crippen LogP contribution in [0.15, 0.2) is 0 Å². The molecule has 72 valence electrons. The van der Waals surface area contributed by atoms with Crippen LogP contribution in [0.25, 0.3) is 0 Å². The largest absolute Gasteiger partial charge is 0.304 e. The first-order valence-corrected chi connectivity index (χ1v) is 4.83. The third kappa shape index (κ3) is 5.49. The zero-order chi connectivity index (χ0) is 8.49. The van der Waals surface area contributed by atoms with Crippen LogP contribution in [0.2, 0.25) is 0 Å². The molecule has 1 rings (SSSR count). The van der Waals surface area contributed by atoms with Crippen LogP contribution in [0.4, 0.5) is 0 Å². The van der Waals surface area contributed by atoms with E-state index in [2.05, 4.69) is 21.3 Å². The maximum Gasteiger partial charge on any atom is 0.0454 e. The average molecular weight is 172 g/mol. The second kappa shape index (κ2) is 7.49. The lowest BCUT2D eigenvalue weighted by Gasteiger charge is -2.11. The summed E-state index contributed by atoms with van der Waals surface area (Å²) in [7, 11) is 0. The van der Waals surface area contributed by atoms with Gasteiger partial charge in [0.05, 0.1) is 0 Å². The average Bonchev–Trinajstić information content (AvgIpc) is 2.05. The smallest absolute Gasteiger partial charge is 0.0454 e. The van der Waals surface area contributed by atoms with E-state index in [1.807, 2.05) is 0 Å². The zero-order valence-electron chi connectivity index (χ0n) is 7.66. The van der Waals surface area contributed by atoms with Gasteiger partial charge in [0, 0.05) is 26.4 Å². The van der Waals surface area contributed by atoms with E-state index in [4.69, 9.17) is 0 Å². The molecule has 0 aromatic heterocycles. The molecule has 4 heteroatoms. The molecule has 0 spiro atoms. The molecule has 1 saturated heterocycles. The maximum absolute atomic E-state index is 3.34. The van der Waals surface area contributed by atoms with Crippen molar-refractivity contribution in [3.8, 4) is 0 Å². The molecule has 0 aromatic carbocycles. The van der Waals surface area contributed by atoms with E-state index >= 15 is 0 Å². The van der Waals surface area contributed by atoms with Crippen LogP contribution in [-0.4, -0.2) is 39.5 Å². The van der Waals surface area contributed by atoms with E-state index in [1.165, 1.54) is 12.8 Å². The van der Waals surface area contributed by atoms with E-state index in [0.29, 0.717) is 0 Å². The van der Waals surface area contributed by atoms with E-state index in [0.717, 1.165) is 39.5 Å². The van der Waals surface area contributed by atoms with Crippen LogP contribution in [0.3, 0.4) is 0 Å². The number of nitrogens with one attached hydrogen (secondary N) is 4. The summed E-state index contributed by atoms with van der Waals surface area (Å²) in [5, 5.41) is 13.3. The Morgan fingerprint density at radius 1 is 0.500 bits per heavy atom. The maximum atomic E-state index is 3.34. The van der Waals surface area contributed by atoms with Crippen molar-refractivity contribution in [3.63, 3.8) is 0 Å². The third-order valence-electron chi connectivity index (χ3n) is 1.94. The van der Waals surface area contributed by atoms with Gasteiger partial charge in [-0.1, -0.05) is 0 Å². The molecule has 0 unspecified atom stereocenters. The summed E-state index contributed by atoms with van der Waals surface area (Å²) in [6.07, 6.45) is 2.52. The van der Waals surface area contributed by atoms with Crippen LogP contribution in [0.5, 0.6) is 0 Å². The van der Waals surface area contributed by atoms with Gasteiger partial charge in [-0.25, -0.2) is 0 Å². The lowest BCUT2D eigenvalue weighted by molar-refractivity contribution is 0.496. The van der Waals surface area contributed by atoms with Crippen molar-refractivity contribution in [2.75, 3.05) is 39.5 Å². The molecule has 0 amide bonds. The molecule has 12 heavy (non-hydrogen) atoms. The molecule has 4 N–H and O–H groups in total. The predicted molar refractivity (Wildman–Crippen MR) is 51.0 cm³/mol. The second-order valence-corrected chi connectivity index (χ2v) is 3.06. The molecule has 4 nitrogen and oxygen atoms in total. The highest BCUT2D eigenvalue weighted by atomic mass is 15.1. The SMILES string of the molecule is C1CCNCNCCNCNC1. The topological polar surface area (TPSA) is 48.1 Å². The quantitative estimate of drug-likeness (QED) is 0.381. The molecule has 0 aromatic rings. The van der Waals surface area contributed by atoms with Gasteiger partial charge in [-0.15, -0.1) is 0 Å². The first-order chi connectivity index (χ1) is 6.00. The standard InChI is InChI=1S/C8H20N4/c1-2-4-10-8-12-6-5-11-7-9-3-1/h9-12H,1-8H2. The third-order valence-corrected chi connectivity index (χ3v) is 1.94. The fourth-order valence-corrected chi connectivity index (χ4v) is 1.21. The fraction of sp³-hybridized carbons (Fsp3) is 1.00. The Hall–Kier alpha value is -0.160. The van der Waals surface area contributed by atoms with Crippen LogP contribution >= 0.6 is 0 Å². The van der Waals surface area contributed by atoms with Gasteiger partial charge >= 0.3 is 0 Å². The molecule has 1 aliphatic heterocycles.